The van der Waals surface area contributed by atoms with E-state index in [1.165, 1.54) is 6.08 Å². The molecule has 0 aromatic heterocycles. The van der Waals surface area contributed by atoms with E-state index in [2.05, 4.69) is 10.1 Å². The SMILES string of the molecule is CN(C)c1ccc(/C=C2/C(=N)N3N=C(C(F)(F)F)SC3=NC2=O)cc1. The van der Waals surface area contributed by atoms with Gasteiger partial charge in [0.2, 0.25) is 10.2 Å². The number of rotatable bonds is 2. The molecule has 2 heterocycles. The number of benzene rings is 1. The van der Waals surface area contributed by atoms with Crippen LogP contribution in [-0.2, 0) is 4.79 Å². The molecule has 6 nitrogen and oxygen atoms in total. The number of fused-ring (bicyclic) bond motifs is 1. The number of carbonyl (C=O) groups excluding carboxylic acids is 1. The van der Waals surface area contributed by atoms with Gasteiger partial charge in [0.1, 0.15) is 0 Å². The molecule has 2 aliphatic rings. The summed E-state index contributed by atoms with van der Waals surface area (Å²) in [6.45, 7) is 0. The molecule has 1 aromatic rings. The Labute approximate surface area is 145 Å². The number of alkyl halides is 3. The Morgan fingerprint density at radius 1 is 1.24 bits per heavy atom. The number of nitrogens with one attached hydrogen (secondary N) is 1. The van der Waals surface area contributed by atoms with Crippen LogP contribution in [0.4, 0.5) is 18.9 Å². The standard InChI is InChI=1S/C15H12F3N5OS/c1-22(2)9-5-3-8(4-6-9)7-10-11(19)23-14(20-12(10)24)25-13(21-23)15(16,17)18/h3-7,19H,1-2H3/b10-7-,19-11?. The van der Waals surface area contributed by atoms with E-state index in [9.17, 15) is 18.0 Å². The smallest absolute Gasteiger partial charge is 0.378 e. The highest BCUT2D eigenvalue weighted by atomic mass is 32.2. The highest BCUT2D eigenvalue weighted by molar-refractivity contribution is 8.27. The van der Waals surface area contributed by atoms with Crippen LogP contribution in [0, 0.1) is 5.41 Å². The van der Waals surface area contributed by atoms with Crippen molar-refractivity contribution >= 4 is 45.5 Å². The number of hydrogen-bond donors (Lipinski definition) is 1. The van der Waals surface area contributed by atoms with Gasteiger partial charge in [0.25, 0.3) is 5.91 Å². The van der Waals surface area contributed by atoms with Crippen LogP contribution in [0.5, 0.6) is 0 Å². The number of thioether (sulfide) groups is 1. The number of amides is 1. The minimum Gasteiger partial charge on any atom is -0.378 e. The molecule has 25 heavy (non-hydrogen) atoms. The van der Waals surface area contributed by atoms with Crippen molar-refractivity contribution in [2.45, 2.75) is 6.18 Å². The highest BCUT2D eigenvalue weighted by Crippen LogP contribution is 2.35. The molecule has 0 radical (unpaired) electrons. The molecule has 0 saturated carbocycles. The first kappa shape index (κ1) is 17.2. The molecule has 0 saturated heterocycles. The number of carbonyl (C=O) groups is 1. The molecule has 2 aliphatic heterocycles. The van der Waals surface area contributed by atoms with E-state index in [4.69, 9.17) is 5.41 Å². The fourth-order valence-electron chi connectivity index (χ4n) is 2.14. The second-order valence-corrected chi connectivity index (χ2v) is 6.36. The first-order chi connectivity index (χ1) is 11.7. The molecular weight excluding hydrogens is 355 g/mol. The molecule has 1 N–H and O–H groups in total. The minimum absolute atomic E-state index is 0.117. The van der Waals surface area contributed by atoms with Crippen molar-refractivity contribution in [3.8, 4) is 0 Å². The number of hydrazone groups is 1. The Bertz CT molecular complexity index is 840. The molecular formula is C15H12F3N5OS. The van der Waals surface area contributed by atoms with E-state index in [1.54, 1.807) is 12.1 Å². The van der Waals surface area contributed by atoms with Crippen molar-refractivity contribution in [2.24, 2.45) is 10.1 Å². The van der Waals surface area contributed by atoms with Crippen molar-refractivity contribution < 1.29 is 18.0 Å². The van der Waals surface area contributed by atoms with E-state index in [-0.39, 0.29) is 22.5 Å². The normalized spacial score (nSPS) is 19.1. The second-order valence-electron chi connectivity index (χ2n) is 5.41. The molecule has 1 aromatic carbocycles. The predicted octanol–water partition coefficient (Wildman–Crippen LogP) is 2.93. The predicted molar refractivity (Wildman–Crippen MR) is 91.8 cm³/mol. The van der Waals surface area contributed by atoms with E-state index < -0.39 is 23.0 Å². The van der Waals surface area contributed by atoms with Gasteiger partial charge in [0.05, 0.1) is 5.57 Å². The molecule has 130 valence electrons. The number of anilines is 1. The topological polar surface area (TPSA) is 72.1 Å². The highest BCUT2D eigenvalue weighted by Gasteiger charge is 2.46. The summed E-state index contributed by atoms with van der Waals surface area (Å²) in [5.74, 6) is -1.20. The summed E-state index contributed by atoms with van der Waals surface area (Å²) < 4.78 is 38.3. The molecule has 0 bridgehead atoms. The van der Waals surface area contributed by atoms with Crippen molar-refractivity contribution in [2.75, 3.05) is 19.0 Å². The molecule has 0 atom stereocenters. The molecule has 3 rings (SSSR count). The van der Waals surface area contributed by atoms with E-state index in [1.807, 2.05) is 31.1 Å². The van der Waals surface area contributed by atoms with Crippen LogP contribution < -0.4 is 4.90 Å². The van der Waals surface area contributed by atoms with Gasteiger partial charge in [-0.3, -0.25) is 10.2 Å². The van der Waals surface area contributed by atoms with Crippen LogP contribution in [0.3, 0.4) is 0 Å². The fourth-order valence-corrected chi connectivity index (χ4v) is 2.90. The largest absolute Gasteiger partial charge is 0.441 e. The summed E-state index contributed by atoms with van der Waals surface area (Å²) in [5, 5.41) is 10.7. The lowest BCUT2D eigenvalue weighted by Crippen LogP contribution is -2.35. The number of hydrogen-bond acceptors (Lipinski definition) is 5. The monoisotopic (exact) mass is 367 g/mol. The van der Waals surface area contributed by atoms with E-state index >= 15 is 0 Å². The Balaban J connectivity index is 1.93. The molecule has 10 heteroatoms. The van der Waals surface area contributed by atoms with Crippen LogP contribution >= 0.6 is 11.8 Å². The molecule has 0 unspecified atom stereocenters. The van der Waals surface area contributed by atoms with Crippen LogP contribution in [0.15, 0.2) is 39.9 Å². The molecule has 0 aliphatic carbocycles. The maximum Gasteiger partial charge on any atom is 0.441 e. The van der Waals surface area contributed by atoms with Gasteiger partial charge in [-0.2, -0.15) is 28.3 Å². The summed E-state index contributed by atoms with van der Waals surface area (Å²) in [5.41, 5.74) is 1.46. The third-order valence-electron chi connectivity index (χ3n) is 3.42. The summed E-state index contributed by atoms with van der Waals surface area (Å²) in [6.07, 6.45) is -3.24. The summed E-state index contributed by atoms with van der Waals surface area (Å²) in [4.78, 5) is 17.6. The number of aliphatic imine (C=N–C) groups is 1. The summed E-state index contributed by atoms with van der Waals surface area (Å²) in [7, 11) is 3.76. The van der Waals surface area contributed by atoms with Crippen LogP contribution in [0.25, 0.3) is 6.08 Å². The number of halogens is 3. The van der Waals surface area contributed by atoms with Gasteiger partial charge in [-0.1, -0.05) is 12.1 Å². The number of nitrogens with zero attached hydrogens (tertiary/aromatic N) is 4. The Kier molecular flexibility index (Phi) is 4.15. The first-order valence-electron chi connectivity index (χ1n) is 7.01. The van der Waals surface area contributed by atoms with E-state index in [0.717, 1.165) is 10.7 Å². The third kappa shape index (κ3) is 3.29. The summed E-state index contributed by atoms with van der Waals surface area (Å²) >= 11 is 0.229. The fraction of sp³-hybridized carbons (Fsp3) is 0.200. The maximum absolute atomic E-state index is 12.8. The second kappa shape index (κ2) is 6.03. The van der Waals surface area contributed by atoms with Crippen molar-refractivity contribution in [3.05, 3.63) is 35.4 Å². The minimum atomic E-state index is -4.65. The van der Waals surface area contributed by atoms with Crippen molar-refractivity contribution in [1.29, 1.82) is 5.41 Å². The van der Waals surface area contributed by atoms with Crippen LogP contribution in [0.1, 0.15) is 5.56 Å². The van der Waals surface area contributed by atoms with Gasteiger partial charge in [0.15, 0.2) is 5.84 Å². The lowest BCUT2D eigenvalue weighted by atomic mass is 10.1. The van der Waals surface area contributed by atoms with Gasteiger partial charge < -0.3 is 4.90 Å². The average molecular weight is 367 g/mol. The van der Waals surface area contributed by atoms with Gasteiger partial charge in [-0.05, 0) is 35.5 Å². The molecule has 1 amide bonds. The Hall–Kier alpha value is -2.62. The molecule has 0 fully saturated rings. The van der Waals surface area contributed by atoms with Gasteiger partial charge in [-0.25, -0.2) is 0 Å². The van der Waals surface area contributed by atoms with Gasteiger partial charge in [-0.15, -0.1) is 0 Å². The van der Waals surface area contributed by atoms with Crippen LogP contribution in [-0.4, -0.2) is 47.2 Å². The van der Waals surface area contributed by atoms with Crippen LogP contribution in [0.2, 0.25) is 0 Å². The van der Waals surface area contributed by atoms with Crippen molar-refractivity contribution in [3.63, 3.8) is 0 Å². The third-order valence-corrected chi connectivity index (χ3v) is 4.37. The zero-order chi connectivity index (χ0) is 18.4. The first-order valence-corrected chi connectivity index (χ1v) is 7.83. The average Bonchev–Trinajstić information content (AvgIpc) is 2.96. The zero-order valence-corrected chi connectivity index (χ0v) is 13.9. The quantitative estimate of drug-likeness (QED) is 0.816. The zero-order valence-electron chi connectivity index (χ0n) is 13.1. The maximum atomic E-state index is 12.8. The van der Waals surface area contributed by atoms with Crippen molar-refractivity contribution in [1.82, 2.24) is 5.01 Å². The Morgan fingerprint density at radius 2 is 1.88 bits per heavy atom. The lowest BCUT2D eigenvalue weighted by molar-refractivity contribution is -0.114. The molecule has 0 spiro atoms. The van der Waals surface area contributed by atoms with E-state index in [0.29, 0.717) is 5.56 Å². The van der Waals surface area contributed by atoms with Gasteiger partial charge in [0, 0.05) is 19.8 Å². The lowest BCUT2D eigenvalue weighted by Gasteiger charge is -2.20. The Morgan fingerprint density at radius 3 is 2.44 bits per heavy atom. The summed E-state index contributed by atoms with van der Waals surface area (Å²) in [6, 6.07) is 7.13. The number of amidine groups is 2. The van der Waals surface area contributed by atoms with Gasteiger partial charge >= 0.3 is 6.18 Å².